The smallest absolute Gasteiger partial charge is 0.280 e. The van der Waals surface area contributed by atoms with Crippen molar-refractivity contribution in [2.75, 3.05) is 11.9 Å². The summed E-state index contributed by atoms with van der Waals surface area (Å²) < 4.78 is 1.88. The Morgan fingerprint density at radius 3 is 2.84 bits per heavy atom. The van der Waals surface area contributed by atoms with Crippen LogP contribution in [-0.2, 0) is 7.05 Å². The fraction of sp³-hybridized carbons (Fsp3) is 0.615. The highest BCUT2D eigenvalue weighted by Crippen LogP contribution is 2.39. The highest BCUT2D eigenvalue weighted by atomic mass is 16.2. The Kier molecular flexibility index (Phi) is 1.96. The minimum absolute atomic E-state index is 0.00641. The van der Waals surface area contributed by atoms with Crippen LogP contribution in [0.1, 0.15) is 35.6 Å². The Balaban J connectivity index is 1.94. The molecule has 4 rings (SSSR count). The first-order valence-corrected chi connectivity index (χ1v) is 6.78. The molecule has 6 nitrogen and oxygen atoms in total. The van der Waals surface area contributed by atoms with Gasteiger partial charge in [-0.15, -0.1) is 0 Å². The molecule has 1 fully saturated rings. The molecular formula is C13H17N5O. The summed E-state index contributed by atoms with van der Waals surface area (Å²) in [7, 11) is 3.71. The van der Waals surface area contributed by atoms with Crippen molar-refractivity contribution in [1.82, 2.24) is 14.5 Å². The highest BCUT2D eigenvalue weighted by molar-refractivity contribution is 6.18. The summed E-state index contributed by atoms with van der Waals surface area (Å²) in [6, 6.07) is 0.720. The lowest BCUT2D eigenvalue weighted by molar-refractivity contribution is 0.0855. The third-order valence-electron chi connectivity index (χ3n) is 4.61. The predicted molar refractivity (Wildman–Crippen MR) is 71.4 cm³/mol. The van der Waals surface area contributed by atoms with E-state index in [0.29, 0.717) is 17.8 Å². The monoisotopic (exact) mass is 259 g/mol. The number of anilines is 1. The van der Waals surface area contributed by atoms with Gasteiger partial charge < -0.3 is 4.57 Å². The van der Waals surface area contributed by atoms with Crippen LogP contribution in [0.5, 0.6) is 0 Å². The van der Waals surface area contributed by atoms with Crippen LogP contribution >= 0.6 is 0 Å². The second-order valence-electron chi connectivity index (χ2n) is 5.62. The number of aryl methyl sites for hydroxylation is 1. The van der Waals surface area contributed by atoms with Crippen LogP contribution in [0.4, 0.5) is 5.82 Å². The molecule has 1 aromatic heterocycles. The van der Waals surface area contributed by atoms with Gasteiger partial charge in [-0.2, -0.15) is 0 Å². The van der Waals surface area contributed by atoms with Crippen molar-refractivity contribution in [3.8, 4) is 0 Å². The van der Waals surface area contributed by atoms with E-state index < -0.39 is 0 Å². The molecule has 3 heterocycles. The van der Waals surface area contributed by atoms with Gasteiger partial charge in [0.2, 0.25) is 5.96 Å². The van der Waals surface area contributed by atoms with Gasteiger partial charge in [0.05, 0.1) is 12.1 Å². The third kappa shape index (κ3) is 1.19. The maximum absolute atomic E-state index is 12.5. The number of imidazole rings is 1. The average molecular weight is 259 g/mol. The predicted octanol–water partition coefficient (Wildman–Crippen LogP) is 0.911. The van der Waals surface area contributed by atoms with Gasteiger partial charge in [0.15, 0.2) is 11.5 Å². The number of nitrogens with zero attached hydrogens (tertiary/aromatic N) is 5. The fourth-order valence-corrected chi connectivity index (χ4v) is 3.48. The molecule has 0 N–H and O–H groups in total. The van der Waals surface area contributed by atoms with Crippen LogP contribution in [0.25, 0.3) is 0 Å². The van der Waals surface area contributed by atoms with Crippen LogP contribution < -0.4 is 4.90 Å². The zero-order valence-electron chi connectivity index (χ0n) is 11.4. The molecule has 100 valence electrons. The number of aromatic nitrogens is 2. The summed E-state index contributed by atoms with van der Waals surface area (Å²) in [4.78, 5) is 25.7. The number of rotatable bonds is 0. The maximum Gasteiger partial charge on any atom is 0.280 e. The molecule has 6 heteroatoms. The molecule has 0 radical (unpaired) electrons. The molecule has 19 heavy (non-hydrogen) atoms. The van der Waals surface area contributed by atoms with E-state index in [1.165, 1.54) is 6.42 Å². The first-order valence-electron chi connectivity index (χ1n) is 6.78. The van der Waals surface area contributed by atoms with E-state index in [0.717, 1.165) is 30.4 Å². The lowest BCUT2D eigenvalue weighted by Crippen LogP contribution is -2.51. The number of hydrogen-bond acceptors (Lipinski definition) is 4. The van der Waals surface area contributed by atoms with Crippen molar-refractivity contribution in [1.29, 1.82) is 0 Å². The number of fused-ring (bicyclic) bond motifs is 5. The van der Waals surface area contributed by atoms with Gasteiger partial charge in [-0.1, -0.05) is 0 Å². The molecule has 2 atom stereocenters. The lowest BCUT2D eigenvalue weighted by atomic mass is 10.1. The zero-order chi connectivity index (χ0) is 13.3. The summed E-state index contributed by atoms with van der Waals surface area (Å²) >= 11 is 0. The molecule has 1 aliphatic carbocycles. The van der Waals surface area contributed by atoms with Crippen LogP contribution in [0.3, 0.4) is 0 Å². The van der Waals surface area contributed by atoms with Gasteiger partial charge in [0.25, 0.3) is 5.91 Å². The Bertz CT molecular complexity index is 617. The molecule has 3 aliphatic rings. The van der Waals surface area contributed by atoms with Gasteiger partial charge in [-0.25, -0.2) is 9.98 Å². The molecule has 2 aliphatic heterocycles. The van der Waals surface area contributed by atoms with E-state index in [-0.39, 0.29) is 5.91 Å². The summed E-state index contributed by atoms with van der Waals surface area (Å²) in [5.41, 5.74) is 0.687. The standard InChI is InChI=1S/C13H17N5O/c1-7-14-11-10(16(7)2)12(19)17(3)13-15-8-5-4-6-9(8)18(11)13/h8-9H,4-6H2,1-3H3/t8-,9+/m1/s1. The largest absolute Gasteiger partial charge is 0.325 e. The average Bonchev–Trinajstić information content (AvgIpc) is 3.01. The van der Waals surface area contributed by atoms with Crippen LogP contribution in [0.2, 0.25) is 0 Å². The van der Waals surface area contributed by atoms with Gasteiger partial charge in [0.1, 0.15) is 5.82 Å². The molecule has 0 aromatic carbocycles. The Morgan fingerprint density at radius 1 is 1.26 bits per heavy atom. The zero-order valence-corrected chi connectivity index (χ0v) is 11.4. The Morgan fingerprint density at radius 2 is 2.05 bits per heavy atom. The third-order valence-corrected chi connectivity index (χ3v) is 4.61. The summed E-state index contributed by atoms with van der Waals surface area (Å²) in [6.07, 6.45) is 3.46. The second-order valence-corrected chi connectivity index (χ2v) is 5.62. The molecule has 1 saturated carbocycles. The molecule has 1 aromatic rings. The lowest BCUT2D eigenvalue weighted by Gasteiger charge is -2.34. The number of aliphatic imine (C=N–C) groups is 1. The summed E-state index contributed by atoms with van der Waals surface area (Å²) in [5.74, 6) is 2.45. The van der Waals surface area contributed by atoms with Crippen LogP contribution in [0.15, 0.2) is 4.99 Å². The number of hydrogen-bond donors (Lipinski definition) is 0. The SMILES string of the molecule is Cc1nc2c(n1C)C(=O)N(C)C1=N[C@@H]3CCC[C@@H]3N12. The van der Waals surface area contributed by atoms with Crippen molar-refractivity contribution in [3.63, 3.8) is 0 Å². The number of carbonyl (C=O) groups is 1. The van der Waals surface area contributed by atoms with E-state index in [2.05, 4.69) is 9.88 Å². The topological polar surface area (TPSA) is 53.7 Å². The van der Waals surface area contributed by atoms with Crippen molar-refractivity contribution in [2.24, 2.45) is 12.0 Å². The molecule has 0 spiro atoms. The van der Waals surface area contributed by atoms with Crippen LogP contribution in [-0.4, -0.2) is 45.4 Å². The molecule has 0 unspecified atom stereocenters. The minimum Gasteiger partial charge on any atom is -0.325 e. The van der Waals surface area contributed by atoms with Crippen molar-refractivity contribution < 1.29 is 4.79 Å². The van der Waals surface area contributed by atoms with E-state index in [4.69, 9.17) is 4.99 Å². The number of carbonyl (C=O) groups excluding carboxylic acids is 1. The normalized spacial score (nSPS) is 28.4. The molecule has 0 saturated heterocycles. The quantitative estimate of drug-likeness (QED) is 0.696. The molecule has 0 bridgehead atoms. The molecule has 1 amide bonds. The van der Waals surface area contributed by atoms with Gasteiger partial charge in [-0.3, -0.25) is 14.6 Å². The van der Waals surface area contributed by atoms with Gasteiger partial charge in [0, 0.05) is 14.1 Å². The Labute approximate surface area is 111 Å². The van der Waals surface area contributed by atoms with E-state index in [9.17, 15) is 4.79 Å². The number of amides is 1. The van der Waals surface area contributed by atoms with Crippen molar-refractivity contribution >= 4 is 17.7 Å². The van der Waals surface area contributed by atoms with Crippen LogP contribution in [0, 0.1) is 6.92 Å². The first-order chi connectivity index (χ1) is 9.09. The Hall–Kier alpha value is -1.85. The minimum atomic E-state index is -0.00641. The second kappa shape index (κ2) is 3.37. The van der Waals surface area contributed by atoms with Crippen molar-refractivity contribution in [2.45, 2.75) is 38.3 Å². The van der Waals surface area contributed by atoms with Gasteiger partial charge >= 0.3 is 0 Å². The van der Waals surface area contributed by atoms with E-state index >= 15 is 0 Å². The summed E-state index contributed by atoms with van der Waals surface area (Å²) in [5, 5.41) is 0. The van der Waals surface area contributed by atoms with Crippen molar-refractivity contribution in [3.05, 3.63) is 11.5 Å². The fourth-order valence-electron chi connectivity index (χ4n) is 3.48. The maximum atomic E-state index is 12.5. The molecular weight excluding hydrogens is 242 g/mol. The first kappa shape index (κ1) is 11.0. The van der Waals surface area contributed by atoms with E-state index in [1.807, 2.05) is 18.5 Å². The highest BCUT2D eigenvalue weighted by Gasteiger charge is 2.48. The summed E-state index contributed by atoms with van der Waals surface area (Å²) in [6.45, 7) is 1.94. The number of guanidine groups is 1. The van der Waals surface area contributed by atoms with Gasteiger partial charge in [-0.05, 0) is 26.2 Å². The van der Waals surface area contributed by atoms with E-state index in [1.54, 1.807) is 11.9 Å².